The van der Waals surface area contributed by atoms with Gasteiger partial charge in [-0.15, -0.1) is 0 Å². The first kappa shape index (κ1) is 78.7. The van der Waals surface area contributed by atoms with Gasteiger partial charge in [0.1, 0.15) is 116 Å². The largest absolute Gasteiger partial charge is 0.507 e. The number of aliphatic hydroxyl groups is 12. The lowest BCUT2D eigenvalue weighted by atomic mass is 9.97. The van der Waals surface area contributed by atoms with Gasteiger partial charge in [-0.2, -0.15) is 0 Å². The average Bonchev–Trinajstić information content (AvgIpc) is 0.760. The van der Waals surface area contributed by atoms with Crippen LogP contribution in [0.1, 0.15) is 17.5 Å². The predicted molar refractivity (Wildman–Crippen MR) is 331 cm³/mol. The number of esters is 4. The standard InChI is InChI=1S/C64H66O41/c65-18-35-42(76)47(81)56(102-39(73)10-4-22-2-7-27(67)31(71)12-22)64(99-35)105-57-48(82)44(78)37(20-94-40(74)17-41(75)103-55(60(91)92)52(86)58(87)88)101-63(57)98-34-16-25-29(69)14-24(95-61-50(84)45(79)43(77)36(100-61)19-93-38(72)9-3-21-1-6-26(66)30(70)11-21)15-32(25)96-53(34)23-5-8-28(68)33(13-23)97-62-51(85)46(80)49(83)54(104-62)59(89)90/h1-16,35-37,42-52,54-57,61-65,76-86H,17-20H2,(H8-,66,67,68,69,70,71,72,73,87,88,89,90,91,92)/p+1/t35-,36-,37-,42-,43-,44+,45+,46+,47+,48+,49+,50-,51-,52?,54+,55?,56-,57-,61-,62-,63-,64+/m1/s1. The van der Waals surface area contributed by atoms with Crippen molar-refractivity contribution >= 4 is 64.9 Å². The maximum absolute atomic E-state index is 13.5. The van der Waals surface area contributed by atoms with E-state index in [1.54, 1.807) is 0 Å². The smallest absolute Gasteiger partial charge is 0.402 e. The maximum atomic E-state index is 13.5. The van der Waals surface area contributed by atoms with Gasteiger partial charge in [-0.3, -0.25) is 9.59 Å². The van der Waals surface area contributed by atoms with E-state index in [-0.39, 0.29) is 16.7 Å². The van der Waals surface area contributed by atoms with Crippen LogP contribution in [0.3, 0.4) is 0 Å². The summed E-state index contributed by atoms with van der Waals surface area (Å²) >= 11 is 0. The molecule has 21 N–H and O–H groups in total. The highest BCUT2D eigenvalue weighted by Gasteiger charge is 2.55. The molecule has 9 rings (SSSR count). The molecule has 41 nitrogen and oxygen atoms in total. The maximum Gasteiger partial charge on any atom is 0.402 e. The lowest BCUT2D eigenvalue weighted by Crippen LogP contribution is -2.65. The minimum absolute atomic E-state index is 0.0887. The SMILES string of the molecule is O=C(/C=C/c1ccc(O)c(O)c1)OC[C@H]1O[C@@H](Oc2cc(O)c3cc(O[C@@H]4O[C@H](COC(=O)CC(=O)OC(C(=O)O)C(O)C(=O)O)[C@H](O)[C@H](O)[C@H]4O[C@@H]4O[C@H](CO)[C@@H](O)[C@H](O)[C@H]4OC(=O)/C=C/c4ccc(O)c(O)c4)c(-c4ccc(O)c(O[C@@H]5O[C@H](C(=O)O)[C@@H](O)[C@H](O)[C@H]5O)c4)[o+]c3c2)[C@H](O)[C@@H](O)[C@@H]1O. The van der Waals surface area contributed by atoms with Crippen molar-refractivity contribution in [2.24, 2.45) is 0 Å². The Kier molecular flexibility index (Phi) is 25.2. The Hall–Kier alpha value is -10.4. The van der Waals surface area contributed by atoms with Crippen molar-refractivity contribution in [3.8, 4) is 63.1 Å². The molecule has 41 heteroatoms. The molecule has 0 saturated carbocycles. The average molecular weight is 1490 g/mol. The number of rotatable bonds is 26. The Labute approximate surface area is 585 Å². The first-order valence-corrected chi connectivity index (χ1v) is 30.8. The molecule has 0 spiro atoms. The number of fused-ring (bicyclic) bond motifs is 1. The summed E-state index contributed by atoms with van der Waals surface area (Å²) in [5, 5.41) is 221. The summed E-state index contributed by atoms with van der Waals surface area (Å²) in [6.07, 6.45) is -47.0. The number of carboxylic acid groups (broad SMARTS) is 3. The number of carboxylic acids is 3. The first-order valence-electron chi connectivity index (χ1n) is 30.8. The number of aliphatic hydroxyl groups excluding tert-OH is 12. The Morgan fingerprint density at radius 1 is 0.486 bits per heavy atom. The molecule has 5 heterocycles. The minimum Gasteiger partial charge on any atom is -0.507 e. The van der Waals surface area contributed by atoms with Gasteiger partial charge in [0.2, 0.25) is 30.7 Å². The number of phenols is 6. The molecule has 0 radical (unpaired) electrons. The first-order chi connectivity index (χ1) is 49.6. The molecule has 4 saturated heterocycles. The van der Waals surface area contributed by atoms with Crippen LogP contribution in [-0.4, -0.2) is 304 Å². The normalized spacial score (nSPS) is 29.6. The summed E-state index contributed by atoms with van der Waals surface area (Å²) in [5.41, 5.74) is -0.551. The van der Waals surface area contributed by atoms with E-state index < -0.39 is 272 Å². The van der Waals surface area contributed by atoms with Gasteiger partial charge in [0, 0.05) is 30.4 Å². The van der Waals surface area contributed by atoms with Crippen LogP contribution in [0.2, 0.25) is 0 Å². The van der Waals surface area contributed by atoms with E-state index in [2.05, 4.69) is 4.74 Å². The number of carbonyl (C=O) groups is 7. The van der Waals surface area contributed by atoms with Crippen molar-refractivity contribution in [2.45, 2.75) is 141 Å². The van der Waals surface area contributed by atoms with Crippen LogP contribution in [0.25, 0.3) is 34.4 Å². The number of aromatic hydroxyl groups is 6. The molecule has 0 aliphatic carbocycles. The topological polar surface area (TPSA) is 666 Å². The zero-order valence-electron chi connectivity index (χ0n) is 53.3. The van der Waals surface area contributed by atoms with Gasteiger partial charge >= 0.3 is 53.1 Å². The third-order valence-electron chi connectivity index (χ3n) is 16.2. The quantitative estimate of drug-likeness (QED) is 0.00615. The van der Waals surface area contributed by atoms with Gasteiger partial charge in [0.25, 0.3) is 0 Å². The number of benzene rings is 4. The summed E-state index contributed by atoms with van der Waals surface area (Å²) in [6.45, 7) is -3.19. The molecule has 2 unspecified atom stereocenters. The number of hydrogen-bond acceptors (Lipinski definition) is 37. The van der Waals surface area contributed by atoms with E-state index in [0.717, 1.165) is 78.9 Å². The van der Waals surface area contributed by atoms with Crippen LogP contribution in [0.5, 0.6) is 51.7 Å². The van der Waals surface area contributed by atoms with E-state index in [4.69, 9.17) is 61.6 Å². The molecule has 4 fully saturated rings. The third-order valence-corrected chi connectivity index (χ3v) is 16.2. The van der Waals surface area contributed by atoms with E-state index in [1.807, 2.05) is 0 Å². The molecule has 105 heavy (non-hydrogen) atoms. The third kappa shape index (κ3) is 18.4. The van der Waals surface area contributed by atoms with Crippen LogP contribution < -0.4 is 14.2 Å². The molecule has 4 aliphatic heterocycles. The van der Waals surface area contributed by atoms with Crippen LogP contribution in [0.4, 0.5) is 0 Å². The van der Waals surface area contributed by atoms with Gasteiger partial charge in [0.05, 0.1) is 18.2 Å². The summed E-state index contributed by atoms with van der Waals surface area (Å²) in [6, 6.07) is 12.4. The predicted octanol–water partition coefficient (Wildman–Crippen LogP) is -5.02. The fourth-order valence-electron chi connectivity index (χ4n) is 10.6. The van der Waals surface area contributed by atoms with Gasteiger partial charge in [-0.05, 0) is 59.7 Å². The summed E-state index contributed by atoms with van der Waals surface area (Å²) in [5.74, 6) is -18.5. The molecule has 568 valence electrons. The zero-order chi connectivity index (χ0) is 76.7. The monoisotopic (exact) mass is 1490 g/mol. The van der Waals surface area contributed by atoms with Crippen molar-refractivity contribution in [3.05, 3.63) is 96.1 Å². The molecule has 1 aromatic heterocycles. The van der Waals surface area contributed by atoms with Crippen molar-refractivity contribution in [1.29, 1.82) is 0 Å². The molecule has 5 aromatic rings. The molecule has 0 bridgehead atoms. The van der Waals surface area contributed by atoms with E-state index in [1.165, 1.54) is 18.2 Å². The zero-order valence-corrected chi connectivity index (χ0v) is 53.3. The molecule has 4 aliphatic rings. The van der Waals surface area contributed by atoms with Crippen molar-refractivity contribution in [2.75, 3.05) is 19.8 Å². The Bertz CT molecular complexity index is 4070. The number of aliphatic carboxylic acids is 3. The van der Waals surface area contributed by atoms with Crippen LogP contribution in [0, 0.1) is 0 Å². The molecule has 4 aromatic carbocycles. The lowest BCUT2D eigenvalue weighted by molar-refractivity contribution is -0.358. The Morgan fingerprint density at radius 2 is 1.03 bits per heavy atom. The highest BCUT2D eigenvalue weighted by molar-refractivity contribution is 5.94. The van der Waals surface area contributed by atoms with Crippen molar-refractivity contribution < 1.29 is 202 Å². The highest BCUT2D eigenvalue weighted by Crippen LogP contribution is 2.45. The van der Waals surface area contributed by atoms with Crippen molar-refractivity contribution in [3.63, 3.8) is 0 Å². The van der Waals surface area contributed by atoms with Gasteiger partial charge < -0.3 is 164 Å². The second-order valence-electron chi connectivity index (χ2n) is 23.5. The number of carbonyl (C=O) groups excluding carboxylic acids is 4. The number of phenolic OH excluding ortho intramolecular Hbond substituents is 6. The fraction of sp³-hybridized carbons (Fsp3) is 0.406. The second-order valence-corrected chi connectivity index (χ2v) is 23.5. The van der Waals surface area contributed by atoms with Crippen LogP contribution in [-0.2, 0) is 76.2 Å². The Balaban J connectivity index is 1.10. The van der Waals surface area contributed by atoms with Crippen molar-refractivity contribution in [1.82, 2.24) is 0 Å². The summed E-state index contributed by atoms with van der Waals surface area (Å²) < 4.78 is 73.2. The molecular formula is C64H67O41+. The number of hydrogen-bond donors (Lipinski definition) is 21. The van der Waals surface area contributed by atoms with Gasteiger partial charge in [-0.1, -0.05) is 12.1 Å². The van der Waals surface area contributed by atoms with Gasteiger partial charge in [-0.25, -0.2) is 28.4 Å². The number of ether oxygens (including phenoxy) is 12. The second kappa shape index (κ2) is 33.6. The van der Waals surface area contributed by atoms with E-state index in [0.29, 0.717) is 0 Å². The molecule has 22 atom stereocenters. The molecule has 0 amide bonds. The minimum atomic E-state index is -2.84. The van der Waals surface area contributed by atoms with E-state index >= 15 is 0 Å². The Morgan fingerprint density at radius 3 is 1.63 bits per heavy atom. The van der Waals surface area contributed by atoms with Gasteiger partial charge in [0.15, 0.2) is 65.2 Å². The highest BCUT2D eigenvalue weighted by atomic mass is 16.8. The summed E-state index contributed by atoms with van der Waals surface area (Å²) in [7, 11) is 0. The van der Waals surface area contributed by atoms with Crippen LogP contribution >= 0.6 is 0 Å². The fourth-order valence-corrected chi connectivity index (χ4v) is 10.6. The molecular weight excluding hydrogens is 1420 g/mol. The summed E-state index contributed by atoms with van der Waals surface area (Å²) in [4.78, 5) is 86.9. The lowest BCUT2D eigenvalue weighted by Gasteiger charge is -2.46. The van der Waals surface area contributed by atoms with Crippen LogP contribution in [0.15, 0.2) is 89.4 Å². The van der Waals surface area contributed by atoms with E-state index in [9.17, 15) is 136 Å².